The van der Waals surface area contributed by atoms with Crippen LogP contribution < -0.4 is 0 Å². The first-order valence-electron chi connectivity index (χ1n) is 4.39. The summed E-state index contributed by atoms with van der Waals surface area (Å²) in [6.07, 6.45) is 0. The van der Waals surface area contributed by atoms with E-state index in [1.807, 2.05) is 0 Å². The molecule has 0 saturated carbocycles. The van der Waals surface area contributed by atoms with E-state index in [0.29, 0.717) is 0 Å². The quantitative estimate of drug-likeness (QED) is 0.567. The van der Waals surface area contributed by atoms with Crippen LogP contribution in [-0.2, 0) is 19.2 Å². The molecule has 1 heterocycles. The number of piperazine rings is 1. The molecule has 1 fully saturated rings. The van der Waals surface area contributed by atoms with Crippen LogP contribution in [0.25, 0.3) is 0 Å². The van der Waals surface area contributed by atoms with Gasteiger partial charge < -0.3 is 20.0 Å². The van der Waals surface area contributed by atoms with Gasteiger partial charge in [-0.2, -0.15) is 0 Å². The molecule has 1 aliphatic rings. The first-order valence-corrected chi connectivity index (χ1v) is 4.39. The Morgan fingerprint density at radius 2 is 1.25 bits per heavy atom. The molecule has 0 radical (unpaired) electrons. The molecule has 8 nitrogen and oxygen atoms in total. The van der Waals surface area contributed by atoms with E-state index >= 15 is 0 Å². The van der Waals surface area contributed by atoms with E-state index in [-0.39, 0.29) is 0 Å². The number of carbonyl (C=O) groups excluding carboxylic acids is 2. The number of rotatable bonds is 4. The topological polar surface area (TPSA) is 115 Å². The summed E-state index contributed by atoms with van der Waals surface area (Å²) in [4.78, 5) is 45.2. The third-order valence-corrected chi connectivity index (χ3v) is 2.01. The standard InChI is InChI=1S/C8H10N2O6/c11-5-1-9(3-7(13)14)6(12)2-10(5)4-8(15)16/h1-4H2,(H,13,14)(H,15,16). The molecule has 0 aromatic heterocycles. The van der Waals surface area contributed by atoms with E-state index in [1.54, 1.807) is 0 Å². The van der Waals surface area contributed by atoms with E-state index in [9.17, 15) is 19.2 Å². The van der Waals surface area contributed by atoms with E-state index in [4.69, 9.17) is 10.2 Å². The molecule has 0 spiro atoms. The summed E-state index contributed by atoms with van der Waals surface area (Å²) in [7, 11) is 0. The molecule has 0 aromatic rings. The summed E-state index contributed by atoms with van der Waals surface area (Å²) in [5.74, 6) is -3.56. The van der Waals surface area contributed by atoms with E-state index in [2.05, 4.69) is 0 Å². The molecular weight excluding hydrogens is 220 g/mol. The second kappa shape index (κ2) is 4.60. The number of hydrogen-bond acceptors (Lipinski definition) is 4. The third kappa shape index (κ3) is 2.94. The molecule has 0 bridgehead atoms. The monoisotopic (exact) mass is 230 g/mol. The van der Waals surface area contributed by atoms with Gasteiger partial charge in [-0.05, 0) is 0 Å². The number of hydrogen-bond donors (Lipinski definition) is 2. The van der Waals surface area contributed by atoms with Crippen molar-refractivity contribution in [1.82, 2.24) is 9.80 Å². The maximum Gasteiger partial charge on any atom is 0.323 e. The Morgan fingerprint density at radius 3 is 1.50 bits per heavy atom. The van der Waals surface area contributed by atoms with Crippen molar-refractivity contribution in [2.75, 3.05) is 26.2 Å². The molecule has 88 valence electrons. The number of amides is 2. The molecule has 0 aromatic carbocycles. The lowest BCUT2D eigenvalue weighted by Crippen LogP contribution is -2.55. The van der Waals surface area contributed by atoms with Crippen molar-refractivity contribution in [1.29, 1.82) is 0 Å². The van der Waals surface area contributed by atoms with Gasteiger partial charge in [0.25, 0.3) is 0 Å². The summed E-state index contributed by atoms with van der Waals surface area (Å²) in [6, 6.07) is 0. The molecule has 2 amide bonds. The van der Waals surface area contributed by atoms with Gasteiger partial charge in [0.15, 0.2) is 0 Å². The van der Waals surface area contributed by atoms with Crippen molar-refractivity contribution < 1.29 is 29.4 Å². The maximum atomic E-state index is 11.3. The molecule has 1 rings (SSSR count). The van der Waals surface area contributed by atoms with Gasteiger partial charge in [-0.1, -0.05) is 0 Å². The van der Waals surface area contributed by atoms with Gasteiger partial charge in [-0.3, -0.25) is 19.2 Å². The lowest BCUT2D eigenvalue weighted by Gasteiger charge is -2.31. The largest absolute Gasteiger partial charge is 0.480 e. The van der Waals surface area contributed by atoms with Crippen LogP contribution in [0.4, 0.5) is 0 Å². The van der Waals surface area contributed by atoms with Crippen LogP contribution in [0, 0.1) is 0 Å². The second-order valence-electron chi connectivity index (χ2n) is 3.29. The highest BCUT2D eigenvalue weighted by Gasteiger charge is 2.31. The van der Waals surface area contributed by atoms with Crippen LogP contribution in [0.3, 0.4) is 0 Å². The maximum absolute atomic E-state index is 11.3. The summed E-state index contributed by atoms with van der Waals surface area (Å²) < 4.78 is 0. The van der Waals surface area contributed by atoms with E-state index < -0.39 is 49.9 Å². The normalized spacial score (nSPS) is 16.5. The van der Waals surface area contributed by atoms with Crippen molar-refractivity contribution in [3.05, 3.63) is 0 Å². The number of nitrogens with zero attached hydrogens (tertiary/aromatic N) is 2. The zero-order valence-corrected chi connectivity index (χ0v) is 8.25. The van der Waals surface area contributed by atoms with Gasteiger partial charge in [0.1, 0.15) is 26.2 Å². The van der Waals surface area contributed by atoms with Crippen LogP contribution in [0.2, 0.25) is 0 Å². The average molecular weight is 230 g/mol. The minimum Gasteiger partial charge on any atom is -0.480 e. The Labute approximate surface area is 90.0 Å². The lowest BCUT2D eigenvalue weighted by molar-refractivity contribution is -0.157. The SMILES string of the molecule is O=C(O)CN1CC(=O)N(CC(=O)O)CC1=O. The molecular formula is C8H10N2O6. The summed E-state index contributed by atoms with van der Waals surface area (Å²) in [5.41, 5.74) is 0. The smallest absolute Gasteiger partial charge is 0.323 e. The van der Waals surface area contributed by atoms with Gasteiger partial charge in [0.2, 0.25) is 11.8 Å². The minimum absolute atomic E-state index is 0.390. The zero-order chi connectivity index (χ0) is 12.3. The van der Waals surface area contributed by atoms with Crippen LogP contribution in [0.15, 0.2) is 0 Å². The molecule has 8 heteroatoms. The second-order valence-corrected chi connectivity index (χ2v) is 3.29. The first kappa shape index (κ1) is 12.0. The molecule has 1 aliphatic heterocycles. The fourth-order valence-corrected chi connectivity index (χ4v) is 1.32. The van der Waals surface area contributed by atoms with Crippen LogP contribution in [-0.4, -0.2) is 69.9 Å². The van der Waals surface area contributed by atoms with Gasteiger partial charge in [-0.25, -0.2) is 0 Å². The van der Waals surface area contributed by atoms with Gasteiger partial charge >= 0.3 is 11.9 Å². The van der Waals surface area contributed by atoms with Crippen molar-refractivity contribution in [2.24, 2.45) is 0 Å². The van der Waals surface area contributed by atoms with Crippen LogP contribution in [0.5, 0.6) is 0 Å². The predicted molar refractivity (Wildman–Crippen MR) is 48.4 cm³/mol. The predicted octanol–water partition coefficient (Wildman–Crippen LogP) is -2.17. The Hall–Kier alpha value is -2.12. The minimum atomic E-state index is -1.21. The number of carbonyl (C=O) groups is 4. The Kier molecular flexibility index (Phi) is 3.44. The fourth-order valence-electron chi connectivity index (χ4n) is 1.32. The third-order valence-electron chi connectivity index (χ3n) is 2.01. The summed E-state index contributed by atoms with van der Waals surface area (Å²) >= 11 is 0. The molecule has 0 aliphatic carbocycles. The Morgan fingerprint density at radius 1 is 0.938 bits per heavy atom. The summed E-state index contributed by atoms with van der Waals surface area (Å²) in [6.45, 7) is -1.88. The first-order chi connectivity index (χ1) is 7.40. The lowest BCUT2D eigenvalue weighted by atomic mass is 10.3. The van der Waals surface area contributed by atoms with Crippen LogP contribution in [0.1, 0.15) is 0 Å². The number of carboxylic acids is 2. The molecule has 2 N–H and O–H groups in total. The number of aliphatic carboxylic acids is 2. The van der Waals surface area contributed by atoms with Gasteiger partial charge in [0, 0.05) is 0 Å². The molecule has 1 saturated heterocycles. The highest BCUT2D eigenvalue weighted by atomic mass is 16.4. The van der Waals surface area contributed by atoms with E-state index in [0.717, 1.165) is 9.80 Å². The Bertz CT molecular complexity index is 318. The average Bonchev–Trinajstić information content (AvgIpc) is 2.11. The molecule has 16 heavy (non-hydrogen) atoms. The van der Waals surface area contributed by atoms with Crippen molar-refractivity contribution in [2.45, 2.75) is 0 Å². The number of carboxylic acid groups (broad SMARTS) is 2. The molecule has 0 unspecified atom stereocenters. The zero-order valence-electron chi connectivity index (χ0n) is 8.25. The van der Waals surface area contributed by atoms with Crippen molar-refractivity contribution in [3.8, 4) is 0 Å². The highest BCUT2D eigenvalue weighted by Crippen LogP contribution is 2.04. The van der Waals surface area contributed by atoms with Gasteiger partial charge in [0.05, 0.1) is 0 Å². The van der Waals surface area contributed by atoms with Crippen molar-refractivity contribution >= 4 is 23.8 Å². The van der Waals surface area contributed by atoms with Gasteiger partial charge in [-0.15, -0.1) is 0 Å². The highest BCUT2D eigenvalue weighted by molar-refractivity contribution is 5.95. The fraction of sp³-hybridized carbons (Fsp3) is 0.500. The Balaban J connectivity index is 2.63. The van der Waals surface area contributed by atoms with Crippen LogP contribution >= 0.6 is 0 Å². The summed E-state index contributed by atoms with van der Waals surface area (Å²) in [5, 5.41) is 16.9. The molecule has 0 atom stereocenters. The van der Waals surface area contributed by atoms with E-state index in [1.165, 1.54) is 0 Å². The van der Waals surface area contributed by atoms with Crippen molar-refractivity contribution in [3.63, 3.8) is 0 Å².